The molecule has 3 aromatic rings. The Labute approximate surface area is 175 Å². The van der Waals surface area contributed by atoms with Crippen LogP contribution in [-0.2, 0) is 9.59 Å². The predicted molar refractivity (Wildman–Crippen MR) is 111 cm³/mol. The van der Waals surface area contributed by atoms with Gasteiger partial charge in [-0.1, -0.05) is 30.3 Å². The molecule has 1 fully saturated rings. The second kappa shape index (κ2) is 7.31. The minimum atomic E-state index is -0.787. The van der Waals surface area contributed by atoms with Gasteiger partial charge in [0.25, 0.3) is 5.78 Å². The highest BCUT2D eigenvalue weighted by atomic mass is 32.1. The Bertz CT molecular complexity index is 1160. The molecule has 0 saturated carbocycles. The Morgan fingerprint density at radius 3 is 2.57 bits per heavy atom. The molecule has 1 amide bonds. The Morgan fingerprint density at radius 1 is 1.07 bits per heavy atom. The number of hydrogen-bond donors (Lipinski definition) is 1. The Morgan fingerprint density at radius 2 is 1.83 bits per heavy atom. The first-order chi connectivity index (χ1) is 14.6. The average Bonchev–Trinajstić information content (AvgIpc) is 3.40. The van der Waals surface area contributed by atoms with Gasteiger partial charge in [0.05, 0.1) is 11.6 Å². The zero-order chi connectivity index (χ0) is 20.7. The van der Waals surface area contributed by atoms with E-state index in [1.807, 2.05) is 30.3 Å². The topological polar surface area (TPSA) is 89.0 Å². The lowest BCUT2D eigenvalue weighted by atomic mass is 9.95. The molecule has 0 radical (unpaired) electrons. The second-order valence-corrected chi connectivity index (χ2v) is 7.63. The highest BCUT2D eigenvalue weighted by Gasteiger charge is 2.47. The standard InChI is InChI=1S/C22H16N2O5S/c25-19(14-6-7-15-16(12-14)29-10-9-28-15)17-18(13-4-2-1-3-5-13)24(21(27)20(17)26)22-23-8-11-30-22/h1-8,11-12,18,25H,9-10H2/b19-17-. The summed E-state index contributed by atoms with van der Waals surface area (Å²) in [5.41, 5.74) is 1.08. The zero-order valence-electron chi connectivity index (χ0n) is 15.6. The predicted octanol–water partition coefficient (Wildman–Crippen LogP) is 3.54. The molecule has 1 N–H and O–H groups in total. The first-order valence-electron chi connectivity index (χ1n) is 9.30. The number of ether oxygens (including phenoxy) is 2. The van der Waals surface area contributed by atoms with Gasteiger partial charge in [-0.15, -0.1) is 11.3 Å². The lowest BCUT2D eigenvalue weighted by molar-refractivity contribution is -0.132. The number of amides is 1. The van der Waals surface area contributed by atoms with Gasteiger partial charge in [0.2, 0.25) is 0 Å². The van der Waals surface area contributed by atoms with Crippen molar-refractivity contribution in [2.75, 3.05) is 18.1 Å². The van der Waals surface area contributed by atoms with E-state index in [1.54, 1.807) is 29.8 Å². The maximum Gasteiger partial charge on any atom is 0.301 e. The largest absolute Gasteiger partial charge is 0.507 e. The van der Waals surface area contributed by atoms with E-state index in [4.69, 9.17) is 9.47 Å². The molecule has 2 aliphatic rings. The summed E-state index contributed by atoms with van der Waals surface area (Å²) in [6.45, 7) is 0.848. The van der Waals surface area contributed by atoms with E-state index < -0.39 is 17.7 Å². The number of aliphatic hydroxyl groups excluding tert-OH is 1. The van der Waals surface area contributed by atoms with Crippen LogP contribution in [0, 0.1) is 0 Å². The van der Waals surface area contributed by atoms with E-state index >= 15 is 0 Å². The van der Waals surface area contributed by atoms with Crippen LogP contribution in [0.4, 0.5) is 5.13 Å². The van der Waals surface area contributed by atoms with E-state index in [-0.39, 0.29) is 11.3 Å². The third-order valence-electron chi connectivity index (χ3n) is 5.00. The summed E-state index contributed by atoms with van der Waals surface area (Å²) >= 11 is 1.25. The molecule has 2 aliphatic heterocycles. The van der Waals surface area contributed by atoms with Crippen molar-refractivity contribution in [3.63, 3.8) is 0 Å². The number of fused-ring (bicyclic) bond motifs is 1. The van der Waals surface area contributed by atoms with Crippen LogP contribution in [-0.4, -0.2) is 35.0 Å². The molecule has 1 saturated heterocycles. The smallest absolute Gasteiger partial charge is 0.301 e. The summed E-state index contributed by atoms with van der Waals surface area (Å²) in [6, 6.07) is 13.3. The molecule has 7 nitrogen and oxygen atoms in total. The number of nitrogens with zero attached hydrogens (tertiary/aromatic N) is 2. The fraction of sp³-hybridized carbons (Fsp3) is 0.136. The van der Waals surface area contributed by atoms with Crippen LogP contribution in [0.1, 0.15) is 17.2 Å². The van der Waals surface area contributed by atoms with Crippen molar-refractivity contribution in [3.8, 4) is 11.5 Å². The maximum absolute atomic E-state index is 13.0. The number of rotatable bonds is 3. The molecule has 3 heterocycles. The summed E-state index contributed by atoms with van der Waals surface area (Å²) in [6.07, 6.45) is 1.57. The first kappa shape index (κ1) is 18.4. The molecular weight excluding hydrogens is 404 g/mol. The minimum Gasteiger partial charge on any atom is -0.507 e. The van der Waals surface area contributed by atoms with Crippen LogP contribution in [0.5, 0.6) is 11.5 Å². The Kier molecular flexibility index (Phi) is 4.48. The second-order valence-electron chi connectivity index (χ2n) is 6.75. The van der Waals surface area contributed by atoms with Crippen molar-refractivity contribution in [2.45, 2.75) is 6.04 Å². The van der Waals surface area contributed by atoms with Gasteiger partial charge in [-0.25, -0.2) is 4.98 Å². The van der Waals surface area contributed by atoms with Crippen LogP contribution >= 0.6 is 11.3 Å². The molecule has 5 rings (SSSR count). The van der Waals surface area contributed by atoms with Crippen LogP contribution in [0.15, 0.2) is 65.7 Å². The van der Waals surface area contributed by atoms with Crippen molar-refractivity contribution >= 4 is 33.9 Å². The molecule has 1 unspecified atom stereocenters. The van der Waals surface area contributed by atoms with Crippen molar-refractivity contribution < 1.29 is 24.2 Å². The summed E-state index contributed by atoms with van der Waals surface area (Å²) in [7, 11) is 0. The van der Waals surface area contributed by atoms with Gasteiger partial charge >= 0.3 is 5.91 Å². The van der Waals surface area contributed by atoms with E-state index in [1.165, 1.54) is 16.2 Å². The van der Waals surface area contributed by atoms with Crippen LogP contribution < -0.4 is 14.4 Å². The highest BCUT2D eigenvalue weighted by molar-refractivity contribution is 7.14. The van der Waals surface area contributed by atoms with Gasteiger partial charge in [0, 0.05) is 17.1 Å². The molecule has 2 aromatic carbocycles. The fourth-order valence-corrected chi connectivity index (χ4v) is 4.33. The normalized spacial score (nSPS) is 19.9. The van der Waals surface area contributed by atoms with Gasteiger partial charge in [-0.05, 0) is 23.8 Å². The molecule has 8 heteroatoms. The summed E-state index contributed by atoms with van der Waals surface area (Å²) in [5, 5.41) is 13.3. The van der Waals surface area contributed by atoms with E-state index in [9.17, 15) is 14.7 Å². The summed E-state index contributed by atoms with van der Waals surface area (Å²) < 4.78 is 11.1. The van der Waals surface area contributed by atoms with Gasteiger partial charge in [0.1, 0.15) is 19.0 Å². The van der Waals surface area contributed by atoms with E-state index in [0.29, 0.717) is 41.0 Å². The number of ketones is 1. The molecule has 0 spiro atoms. The molecule has 0 aliphatic carbocycles. The fourth-order valence-electron chi connectivity index (χ4n) is 3.66. The highest BCUT2D eigenvalue weighted by Crippen LogP contribution is 2.43. The zero-order valence-corrected chi connectivity index (χ0v) is 16.5. The van der Waals surface area contributed by atoms with Crippen molar-refractivity contribution in [2.24, 2.45) is 0 Å². The monoisotopic (exact) mass is 420 g/mol. The van der Waals surface area contributed by atoms with Gasteiger partial charge in [0.15, 0.2) is 16.6 Å². The van der Waals surface area contributed by atoms with Gasteiger partial charge < -0.3 is 14.6 Å². The van der Waals surface area contributed by atoms with Crippen molar-refractivity contribution in [3.05, 3.63) is 76.8 Å². The Hall–Kier alpha value is -3.65. The molecule has 0 bridgehead atoms. The lowest BCUT2D eigenvalue weighted by Gasteiger charge is -2.23. The SMILES string of the molecule is O=C1C(=O)N(c2nccs2)C(c2ccccc2)/C1=C(/O)c1ccc2c(c1)OCCO2. The van der Waals surface area contributed by atoms with Crippen molar-refractivity contribution in [1.29, 1.82) is 0 Å². The summed E-state index contributed by atoms with van der Waals surface area (Å²) in [5.74, 6) is -0.695. The van der Waals surface area contributed by atoms with Gasteiger partial charge in [-0.3, -0.25) is 14.5 Å². The number of aromatic nitrogens is 1. The average molecular weight is 420 g/mol. The van der Waals surface area contributed by atoms with E-state index in [0.717, 1.165) is 0 Å². The number of hydrogen-bond acceptors (Lipinski definition) is 7. The third-order valence-corrected chi connectivity index (χ3v) is 5.77. The maximum atomic E-state index is 13.0. The van der Waals surface area contributed by atoms with E-state index in [2.05, 4.69) is 4.98 Å². The number of Topliss-reactive ketones (excluding diaryl/α,β-unsaturated/α-hetero) is 1. The number of benzene rings is 2. The Balaban J connectivity index is 1.68. The minimum absolute atomic E-state index is 0.0121. The number of carbonyl (C=O) groups is 2. The lowest BCUT2D eigenvalue weighted by Crippen LogP contribution is -2.29. The number of carbonyl (C=O) groups excluding carboxylic acids is 2. The number of aliphatic hydroxyl groups is 1. The van der Waals surface area contributed by atoms with Crippen molar-refractivity contribution in [1.82, 2.24) is 4.98 Å². The molecular formula is C22H16N2O5S. The molecule has 1 atom stereocenters. The van der Waals surface area contributed by atoms with Crippen LogP contribution in [0.3, 0.4) is 0 Å². The molecule has 1 aromatic heterocycles. The van der Waals surface area contributed by atoms with Gasteiger partial charge in [-0.2, -0.15) is 0 Å². The molecule has 30 heavy (non-hydrogen) atoms. The molecule has 150 valence electrons. The quantitative estimate of drug-likeness (QED) is 0.396. The number of anilines is 1. The summed E-state index contributed by atoms with van der Waals surface area (Å²) in [4.78, 5) is 31.5. The van der Waals surface area contributed by atoms with Crippen LogP contribution in [0.25, 0.3) is 5.76 Å². The van der Waals surface area contributed by atoms with Crippen LogP contribution in [0.2, 0.25) is 0 Å². The third kappa shape index (κ3) is 2.93. The number of thiazole rings is 1. The first-order valence-corrected chi connectivity index (χ1v) is 10.2.